The Morgan fingerprint density at radius 2 is 2.09 bits per heavy atom. The van der Waals surface area contributed by atoms with Crippen LogP contribution >= 0.6 is 0 Å². The largest absolute Gasteiger partial charge is 0.461 e. The Labute approximate surface area is 192 Å². The van der Waals surface area contributed by atoms with Gasteiger partial charge in [-0.3, -0.25) is 9.48 Å². The van der Waals surface area contributed by atoms with Crippen LogP contribution in [0, 0.1) is 11.2 Å². The molecule has 1 aromatic heterocycles. The lowest BCUT2D eigenvalue weighted by Gasteiger charge is -2.40. The van der Waals surface area contributed by atoms with Gasteiger partial charge in [0.1, 0.15) is 12.4 Å². The molecule has 0 aliphatic carbocycles. The Balaban J connectivity index is 1.54. The summed E-state index contributed by atoms with van der Waals surface area (Å²) in [5, 5.41) is 7.74. The molecular weight excluding hydrogens is 429 g/mol. The van der Waals surface area contributed by atoms with Crippen molar-refractivity contribution in [1.29, 1.82) is 0 Å². The Hall–Kier alpha value is -2.78. The highest BCUT2D eigenvalue weighted by molar-refractivity contribution is 5.96. The van der Waals surface area contributed by atoms with Gasteiger partial charge >= 0.3 is 5.97 Å². The molecule has 1 fully saturated rings. The molecule has 0 radical (unpaired) electrons. The van der Waals surface area contributed by atoms with E-state index in [9.17, 15) is 14.0 Å². The molecule has 9 heteroatoms. The van der Waals surface area contributed by atoms with Crippen LogP contribution in [0.3, 0.4) is 0 Å². The number of benzene rings is 1. The predicted molar refractivity (Wildman–Crippen MR) is 118 cm³/mol. The summed E-state index contributed by atoms with van der Waals surface area (Å²) in [4.78, 5) is 25.4. The minimum absolute atomic E-state index is 0.105. The van der Waals surface area contributed by atoms with Gasteiger partial charge in [-0.1, -0.05) is 13.0 Å². The van der Waals surface area contributed by atoms with Gasteiger partial charge in [-0.05, 0) is 43.9 Å². The van der Waals surface area contributed by atoms with Gasteiger partial charge in [-0.15, -0.1) is 0 Å². The summed E-state index contributed by atoms with van der Waals surface area (Å²) < 4.78 is 32.0. The number of carbonyl (C=O) groups excluding carboxylic acids is 2. The number of rotatable bonds is 6. The first-order valence-corrected chi connectivity index (χ1v) is 11.5. The van der Waals surface area contributed by atoms with Crippen molar-refractivity contribution in [3.8, 4) is 0 Å². The highest BCUT2D eigenvalue weighted by atomic mass is 19.1. The molecule has 1 N–H and O–H groups in total. The van der Waals surface area contributed by atoms with Crippen molar-refractivity contribution in [3.63, 3.8) is 0 Å². The Morgan fingerprint density at radius 3 is 2.82 bits per heavy atom. The lowest BCUT2D eigenvalue weighted by Crippen LogP contribution is -2.50. The number of hydrogen-bond donors (Lipinski definition) is 1. The van der Waals surface area contributed by atoms with Crippen molar-refractivity contribution in [2.45, 2.75) is 39.2 Å². The van der Waals surface area contributed by atoms with E-state index in [0.29, 0.717) is 57.9 Å². The zero-order valence-electron chi connectivity index (χ0n) is 18.9. The fourth-order valence-electron chi connectivity index (χ4n) is 4.20. The molecule has 0 spiro atoms. The average molecular weight is 460 g/mol. The smallest absolute Gasteiger partial charge is 0.338 e. The summed E-state index contributed by atoms with van der Waals surface area (Å²) in [6.45, 7) is 5.19. The van der Waals surface area contributed by atoms with E-state index in [1.807, 2.05) is 11.6 Å². The molecule has 0 atom stereocenters. The number of ether oxygens (including phenoxy) is 3. The van der Waals surface area contributed by atoms with E-state index in [2.05, 4.69) is 5.32 Å². The van der Waals surface area contributed by atoms with Crippen molar-refractivity contribution in [2.24, 2.45) is 5.41 Å². The highest BCUT2D eigenvalue weighted by Crippen LogP contribution is 2.32. The number of aryl methyl sites for hydroxylation is 1. The Bertz CT molecular complexity index is 1000. The van der Waals surface area contributed by atoms with Crippen LogP contribution in [-0.4, -0.2) is 61.2 Å². The topological polar surface area (TPSA) is 91.7 Å². The molecule has 2 aliphatic heterocycles. The van der Waals surface area contributed by atoms with E-state index in [4.69, 9.17) is 19.3 Å². The van der Waals surface area contributed by atoms with E-state index < -0.39 is 17.2 Å². The van der Waals surface area contributed by atoms with Gasteiger partial charge in [0.25, 0.3) is 5.91 Å². The first-order valence-electron chi connectivity index (χ1n) is 11.5. The van der Waals surface area contributed by atoms with Crippen molar-refractivity contribution in [1.82, 2.24) is 15.1 Å². The van der Waals surface area contributed by atoms with Gasteiger partial charge in [0, 0.05) is 19.8 Å². The van der Waals surface area contributed by atoms with E-state index in [1.165, 1.54) is 18.2 Å². The van der Waals surface area contributed by atoms with Gasteiger partial charge in [0.15, 0.2) is 0 Å². The predicted octanol–water partition coefficient (Wildman–Crippen LogP) is 2.54. The lowest BCUT2D eigenvalue weighted by atomic mass is 9.86. The number of amides is 1. The molecule has 0 bridgehead atoms. The van der Waals surface area contributed by atoms with Crippen LogP contribution in [0.1, 0.15) is 51.9 Å². The summed E-state index contributed by atoms with van der Waals surface area (Å²) in [5.74, 6) is -1.17. The number of fused-ring (bicyclic) bond motifs is 1. The van der Waals surface area contributed by atoms with E-state index in [-0.39, 0.29) is 18.1 Å². The van der Waals surface area contributed by atoms with Crippen LogP contribution in [0.4, 0.5) is 4.39 Å². The van der Waals surface area contributed by atoms with Crippen molar-refractivity contribution in [2.75, 3.05) is 39.6 Å². The maximum Gasteiger partial charge on any atom is 0.338 e. The van der Waals surface area contributed by atoms with Gasteiger partial charge < -0.3 is 19.5 Å². The van der Waals surface area contributed by atoms with Crippen LogP contribution in [-0.2, 0) is 33.6 Å². The van der Waals surface area contributed by atoms with Crippen LogP contribution in [0.25, 0.3) is 0 Å². The molecule has 2 aliphatic rings. The Morgan fingerprint density at radius 1 is 1.27 bits per heavy atom. The summed E-state index contributed by atoms with van der Waals surface area (Å²) in [7, 11) is 0. The monoisotopic (exact) mass is 459 g/mol. The summed E-state index contributed by atoms with van der Waals surface area (Å²) >= 11 is 0. The maximum atomic E-state index is 13.5. The second-order valence-electron chi connectivity index (χ2n) is 8.68. The van der Waals surface area contributed by atoms with E-state index in [1.54, 1.807) is 0 Å². The highest BCUT2D eigenvalue weighted by Gasteiger charge is 2.42. The molecule has 0 unspecified atom stereocenters. The summed E-state index contributed by atoms with van der Waals surface area (Å²) in [5.41, 5.74) is 1.99. The quantitative estimate of drug-likeness (QED) is 0.668. The molecule has 3 heterocycles. The second-order valence-corrected chi connectivity index (χ2v) is 8.68. The molecular formula is C24H30FN3O5. The fraction of sp³-hybridized carbons (Fsp3) is 0.542. The van der Waals surface area contributed by atoms with Crippen molar-refractivity contribution >= 4 is 11.9 Å². The van der Waals surface area contributed by atoms with Gasteiger partial charge in [-0.25, -0.2) is 9.18 Å². The van der Waals surface area contributed by atoms with E-state index >= 15 is 0 Å². The first kappa shape index (κ1) is 23.4. The maximum absolute atomic E-state index is 13.5. The number of hydrogen-bond acceptors (Lipinski definition) is 6. The number of nitrogens with zero attached hydrogens (tertiary/aromatic N) is 2. The summed E-state index contributed by atoms with van der Waals surface area (Å²) in [6, 6.07) is 5.44. The molecule has 1 amide bonds. The molecule has 1 aromatic carbocycles. The molecule has 2 aromatic rings. The molecule has 1 saturated heterocycles. The van der Waals surface area contributed by atoms with E-state index in [0.717, 1.165) is 30.3 Å². The number of halogens is 1. The number of aromatic nitrogens is 2. The van der Waals surface area contributed by atoms with Crippen molar-refractivity contribution < 1.29 is 28.2 Å². The third kappa shape index (κ3) is 5.42. The lowest BCUT2D eigenvalue weighted by molar-refractivity contribution is -0.148. The van der Waals surface area contributed by atoms with Gasteiger partial charge in [0.05, 0.1) is 47.7 Å². The summed E-state index contributed by atoms with van der Waals surface area (Å²) in [6.07, 6.45) is 2.86. The fourth-order valence-corrected chi connectivity index (χ4v) is 4.20. The van der Waals surface area contributed by atoms with Crippen molar-refractivity contribution in [3.05, 3.63) is 52.6 Å². The molecule has 8 nitrogen and oxygen atoms in total. The van der Waals surface area contributed by atoms with Gasteiger partial charge in [0.2, 0.25) is 0 Å². The molecule has 33 heavy (non-hydrogen) atoms. The van der Waals surface area contributed by atoms with Crippen LogP contribution in [0.2, 0.25) is 0 Å². The second kappa shape index (κ2) is 10.4. The number of carbonyl (C=O) groups is 2. The zero-order chi connectivity index (χ0) is 23.3. The SMILES string of the molecule is CCc1nn(CC2(COC(=O)c3cccc(F)c3)COC2)c2c1C(=O)NCCCOCCC2. The van der Waals surface area contributed by atoms with Crippen LogP contribution in [0.5, 0.6) is 0 Å². The zero-order valence-corrected chi connectivity index (χ0v) is 18.9. The minimum Gasteiger partial charge on any atom is -0.461 e. The molecule has 0 saturated carbocycles. The first-order chi connectivity index (χ1) is 16.0. The Kier molecular flexibility index (Phi) is 7.39. The minimum atomic E-state index is -0.577. The standard InChI is InChI=1S/C24H30FN3O5/c1-2-19-21-20(8-4-10-31-11-5-9-26-22(21)29)28(27-19)13-24(14-32-15-24)16-33-23(30)17-6-3-7-18(25)12-17/h3,6-7,12H,2,4-5,8-11,13-16H2,1H3,(H,26,29). The number of esters is 1. The number of nitrogens with one attached hydrogen (secondary N) is 1. The molecule has 4 rings (SSSR count). The normalized spacial score (nSPS) is 18.4. The average Bonchev–Trinajstić information content (AvgIpc) is 3.11. The van der Waals surface area contributed by atoms with Gasteiger partial charge in [-0.2, -0.15) is 5.10 Å². The van der Waals surface area contributed by atoms with Crippen LogP contribution < -0.4 is 5.32 Å². The third-order valence-electron chi connectivity index (χ3n) is 6.02. The van der Waals surface area contributed by atoms with Crippen LogP contribution in [0.15, 0.2) is 24.3 Å². The third-order valence-corrected chi connectivity index (χ3v) is 6.02. The molecule has 178 valence electrons.